The predicted octanol–water partition coefficient (Wildman–Crippen LogP) is 5.65. The van der Waals surface area contributed by atoms with Crippen LogP contribution in [0.2, 0.25) is 0 Å². The van der Waals surface area contributed by atoms with Crippen LogP contribution in [0.3, 0.4) is 0 Å². The van der Waals surface area contributed by atoms with Crippen molar-refractivity contribution in [1.29, 1.82) is 0 Å². The Labute approximate surface area is 189 Å². The average molecular weight is 453 g/mol. The third-order valence-corrected chi connectivity index (χ3v) is 6.75. The molecular formula is C25H25F2N3O3. The highest BCUT2D eigenvalue weighted by Crippen LogP contribution is 2.45. The number of halogens is 2. The van der Waals surface area contributed by atoms with E-state index in [-0.39, 0.29) is 24.3 Å². The number of aliphatic carboxylic acids is 1. The molecule has 2 N–H and O–H groups in total. The van der Waals surface area contributed by atoms with Gasteiger partial charge in [-0.05, 0) is 61.6 Å². The third-order valence-electron chi connectivity index (χ3n) is 6.75. The minimum absolute atomic E-state index is 0.0149. The Balaban J connectivity index is 1.80. The Kier molecular flexibility index (Phi) is 5.01. The maximum atomic E-state index is 16.0. The molecule has 2 atom stereocenters. The molecule has 0 saturated carbocycles. The first-order valence-electron chi connectivity index (χ1n) is 11.0. The summed E-state index contributed by atoms with van der Waals surface area (Å²) >= 11 is 0. The Hall–Kier alpha value is -3.26. The van der Waals surface area contributed by atoms with E-state index in [0.29, 0.717) is 34.6 Å². The molecule has 1 aliphatic rings. The molecule has 0 bridgehead atoms. The van der Waals surface area contributed by atoms with Crippen molar-refractivity contribution in [1.82, 2.24) is 14.8 Å². The van der Waals surface area contributed by atoms with E-state index in [9.17, 15) is 14.3 Å². The number of aromatic amines is 1. The van der Waals surface area contributed by atoms with Crippen LogP contribution in [0.1, 0.15) is 56.7 Å². The monoisotopic (exact) mass is 453 g/mol. The average Bonchev–Trinajstić information content (AvgIpc) is 3.38. The molecule has 1 aliphatic heterocycles. The van der Waals surface area contributed by atoms with Gasteiger partial charge in [0.2, 0.25) is 0 Å². The molecule has 2 aromatic carbocycles. The number of benzene rings is 2. The maximum Gasteiger partial charge on any atom is 0.335 e. The van der Waals surface area contributed by atoms with Crippen LogP contribution in [0, 0.1) is 11.6 Å². The number of nitrogens with zero attached hydrogens (tertiary/aromatic N) is 2. The largest absolute Gasteiger partial charge is 0.479 e. The predicted molar refractivity (Wildman–Crippen MR) is 121 cm³/mol. The topological polar surface area (TPSA) is 80.1 Å². The highest BCUT2D eigenvalue weighted by molar-refractivity contribution is 5.99. The molecular weight excluding hydrogens is 428 g/mol. The van der Waals surface area contributed by atoms with Crippen molar-refractivity contribution in [2.24, 2.45) is 0 Å². The number of carboxylic acids is 1. The number of H-pyrrole nitrogens is 1. The normalized spacial score (nSPS) is 21.3. The second-order valence-corrected chi connectivity index (χ2v) is 9.27. The van der Waals surface area contributed by atoms with E-state index >= 15 is 4.39 Å². The van der Waals surface area contributed by atoms with E-state index in [1.54, 1.807) is 25.3 Å². The Morgan fingerprint density at radius 3 is 2.64 bits per heavy atom. The number of rotatable bonds is 4. The number of hydrogen-bond acceptors (Lipinski definition) is 3. The first-order chi connectivity index (χ1) is 15.7. The molecule has 172 valence electrons. The van der Waals surface area contributed by atoms with Crippen LogP contribution in [0.4, 0.5) is 8.78 Å². The van der Waals surface area contributed by atoms with Gasteiger partial charge in [0.05, 0.1) is 18.3 Å². The zero-order valence-corrected chi connectivity index (χ0v) is 18.7. The highest BCUT2D eigenvalue weighted by atomic mass is 19.1. The lowest BCUT2D eigenvalue weighted by atomic mass is 9.83. The van der Waals surface area contributed by atoms with Crippen molar-refractivity contribution in [3.05, 3.63) is 59.4 Å². The molecule has 4 aromatic rings. The van der Waals surface area contributed by atoms with E-state index in [2.05, 4.69) is 10.2 Å². The lowest BCUT2D eigenvalue weighted by molar-refractivity contribution is -0.170. The van der Waals surface area contributed by atoms with Crippen LogP contribution in [-0.2, 0) is 9.53 Å². The van der Waals surface area contributed by atoms with Crippen molar-refractivity contribution in [3.8, 4) is 5.69 Å². The molecule has 33 heavy (non-hydrogen) atoms. The standard InChI is InChI=1S/C25H25F2N3O3/c1-13(2)23-19(14-8-9-25(3,24(31)32)33-12-14)20-18(10-15-11-28-29-22(15)21(20)27)30(23)17-6-4-16(26)5-7-17/h4-7,10-11,13-14H,8-9,12H2,1-3H3,(H,28,29)(H,31,32)/t14?,25-/m0/s1. The lowest BCUT2D eigenvalue weighted by Gasteiger charge is -2.35. The quantitative estimate of drug-likeness (QED) is 0.419. The van der Waals surface area contributed by atoms with Crippen molar-refractivity contribution in [2.45, 2.75) is 51.0 Å². The SMILES string of the molecule is CC(C)c1c(C2CC[C@@](C)(C(=O)O)OC2)c2c(F)c3[nH]ncc3cc2n1-c1ccc(F)cc1. The van der Waals surface area contributed by atoms with Gasteiger partial charge in [-0.1, -0.05) is 13.8 Å². The van der Waals surface area contributed by atoms with Gasteiger partial charge < -0.3 is 14.4 Å². The van der Waals surface area contributed by atoms with Gasteiger partial charge in [0.1, 0.15) is 11.3 Å². The fourth-order valence-corrected chi connectivity index (χ4v) is 4.99. The lowest BCUT2D eigenvalue weighted by Crippen LogP contribution is -2.43. The zero-order valence-electron chi connectivity index (χ0n) is 18.7. The van der Waals surface area contributed by atoms with Gasteiger partial charge in [0.15, 0.2) is 11.4 Å². The summed E-state index contributed by atoms with van der Waals surface area (Å²) in [5.74, 6) is -1.91. The Bertz CT molecular complexity index is 1360. The third kappa shape index (κ3) is 3.31. The number of nitrogens with one attached hydrogen (secondary N) is 1. The molecule has 8 heteroatoms. The molecule has 6 nitrogen and oxygen atoms in total. The molecule has 0 radical (unpaired) electrons. The molecule has 2 aromatic heterocycles. The first kappa shape index (κ1) is 21.6. The van der Waals surface area contributed by atoms with Gasteiger partial charge in [-0.2, -0.15) is 5.10 Å². The second kappa shape index (κ2) is 7.66. The van der Waals surface area contributed by atoms with E-state index in [1.165, 1.54) is 12.1 Å². The van der Waals surface area contributed by atoms with E-state index in [1.807, 2.05) is 24.5 Å². The Morgan fingerprint density at radius 2 is 2.03 bits per heavy atom. The summed E-state index contributed by atoms with van der Waals surface area (Å²) in [6.45, 7) is 5.82. The van der Waals surface area contributed by atoms with Gasteiger partial charge in [0, 0.05) is 28.1 Å². The number of carboxylic acid groups (broad SMARTS) is 1. The first-order valence-corrected chi connectivity index (χ1v) is 11.0. The van der Waals surface area contributed by atoms with Crippen LogP contribution in [0.15, 0.2) is 36.5 Å². The molecule has 3 heterocycles. The fourth-order valence-electron chi connectivity index (χ4n) is 4.99. The van der Waals surface area contributed by atoms with Gasteiger partial charge in [0.25, 0.3) is 0 Å². The molecule has 5 rings (SSSR count). The molecule has 1 unspecified atom stereocenters. The second-order valence-electron chi connectivity index (χ2n) is 9.27. The summed E-state index contributed by atoms with van der Waals surface area (Å²) in [7, 11) is 0. The number of hydrogen-bond donors (Lipinski definition) is 2. The molecule has 1 saturated heterocycles. The number of carbonyl (C=O) groups is 1. The summed E-state index contributed by atoms with van der Waals surface area (Å²) in [6, 6.07) is 8.03. The fraction of sp³-hybridized carbons (Fsp3) is 0.360. The smallest absolute Gasteiger partial charge is 0.335 e. The van der Waals surface area contributed by atoms with Crippen LogP contribution in [0.5, 0.6) is 0 Å². The van der Waals surface area contributed by atoms with Gasteiger partial charge >= 0.3 is 5.97 Å². The summed E-state index contributed by atoms with van der Waals surface area (Å²) in [6.07, 6.45) is 2.45. The summed E-state index contributed by atoms with van der Waals surface area (Å²) < 4.78 is 37.4. The van der Waals surface area contributed by atoms with E-state index in [4.69, 9.17) is 4.74 Å². The summed E-state index contributed by atoms with van der Waals surface area (Å²) in [4.78, 5) is 11.7. The van der Waals surface area contributed by atoms with Crippen molar-refractivity contribution in [3.63, 3.8) is 0 Å². The van der Waals surface area contributed by atoms with E-state index in [0.717, 1.165) is 16.9 Å². The Morgan fingerprint density at radius 1 is 1.30 bits per heavy atom. The van der Waals surface area contributed by atoms with E-state index < -0.39 is 17.4 Å². The summed E-state index contributed by atoms with van der Waals surface area (Å²) in [5, 5.41) is 17.4. The summed E-state index contributed by atoms with van der Waals surface area (Å²) in [5.41, 5.74) is 2.18. The van der Waals surface area contributed by atoms with Crippen molar-refractivity contribution in [2.75, 3.05) is 6.61 Å². The van der Waals surface area contributed by atoms with Gasteiger partial charge in [-0.25, -0.2) is 13.6 Å². The van der Waals surface area contributed by atoms with Crippen LogP contribution in [-0.4, -0.2) is 38.0 Å². The van der Waals surface area contributed by atoms with Gasteiger partial charge in [-0.15, -0.1) is 0 Å². The van der Waals surface area contributed by atoms with Crippen LogP contribution < -0.4 is 0 Å². The molecule has 1 fully saturated rings. The van der Waals surface area contributed by atoms with Crippen molar-refractivity contribution >= 4 is 27.8 Å². The maximum absolute atomic E-state index is 16.0. The number of ether oxygens (including phenoxy) is 1. The minimum Gasteiger partial charge on any atom is -0.479 e. The molecule has 0 spiro atoms. The van der Waals surface area contributed by atoms with Crippen molar-refractivity contribution < 1.29 is 23.4 Å². The van der Waals surface area contributed by atoms with Crippen LogP contribution in [0.25, 0.3) is 27.5 Å². The van der Waals surface area contributed by atoms with Crippen LogP contribution >= 0.6 is 0 Å². The zero-order chi connectivity index (χ0) is 23.5. The van der Waals surface area contributed by atoms with Gasteiger partial charge in [-0.3, -0.25) is 5.10 Å². The minimum atomic E-state index is -1.25. The molecule has 0 aliphatic carbocycles. The molecule has 0 amide bonds. The highest BCUT2D eigenvalue weighted by Gasteiger charge is 2.41. The number of aromatic nitrogens is 3. The number of fused-ring (bicyclic) bond motifs is 2.